The first-order chi connectivity index (χ1) is 7.70. The molecule has 0 saturated carbocycles. The molecule has 2 N–H and O–H groups in total. The lowest BCUT2D eigenvalue weighted by atomic mass is 9.97. The number of aromatic nitrogens is 2. The zero-order valence-electron chi connectivity index (χ0n) is 9.51. The number of nitrogens with two attached hydrogens (primary N) is 1. The third-order valence-corrected chi connectivity index (χ3v) is 2.80. The fraction of sp³-hybridized carbons (Fsp3) is 0.231. The lowest BCUT2D eigenvalue weighted by Gasteiger charge is -2.15. The predicted molar refractivity (Wildman–Crippen MR) is 64.0 cm³/mol. The molecule has 0 spiro atoms. The molecule has 3 nitrogen and oxygen atoms in total. The van der Waals surface area contributed by atoms with Gasteiger partial charge in [0, 0.05) is 24.3 Å². The number of aryl methyl sites for hydroxylation is 2. The Hall–Kier alpha value is -1.74. The van der Waals surface area contributed by atoms with Crippen molar-refractivity contribution >= 4 is 0 Å². The van der Waals surface area contributed by atoms with Crippen LogP contribution in [0.15, 0.2) is 36.8 Å². The summed E-state index contributed by atoms with van der Waals surface area (Å²) in [7, 11) is 0. The van der Waals surface area contributed by atoms with Crippen LogP contribution in [0.2, 0.25) is 0 Å². The van der Waals surface area contributed by atoms with Crippen molar-refractivity contribution < 1.29 is 0 Å². The molecule has 0 bridgehead atoms. The van der Waals surface area contributed by atoms with Crippen LogP contribution in [0.3, 0.4) is 0 Å². The van der Waals surface area contributed by atoms with E-state index in [1.165, 1.54) is 0 Å². The van der Waals surface area contributed by atoms with E-state index in [1.54, 1.807) is 12.4 Å². The summed E-state index contributed by atoms with van der Waals surface area (Å²) in [6, 6.07) is 5.75. The molecule has 2 aromatic heterocycles. The maximum absolute atomic E-state index is 6.24. The highest BCUT2D eigenvalue weighted by Gasteiger charge is 2.13. The Kier molecular flexibility index (Phi) is 2.97. The van der Waals surface area contributed by atoms with E-state index >= 15 is 0 Å². The molecule has 0 aliphatic carbocycles. The average Bonchev–Trinajstić information content (AvgIpc) is 2.29. The van der Waals surface area contributed by atoms with Crippen molar-refractivity contribution in [1.82, 2.24) is 9.97 Å². The molecule has 0 saturated heterocycles. The molecule has 0 aliphatic heterocycles. The van der Waals surface area contributed by atoms with E-state index in [1.807, 2.05) is 38.2 Å². The second-order valence-electron chi connectivity index (χ2n) is 3.89. The molecular weight excluding hydrogens is 198 g/mol. The Morgan fingerprint density at radius 3 is 2.62 bits per heavy atom. The summed E-state index contributed by atoms with van der Waals surface area (Å²) in [4.78, 5) is 8.38. The van der Waals surface area contributed by atoms with Crippen molar-refractivity contribution in [2.75, 3.05) is 0 Å². The molecule has 2 aromatic rings. The first kappa shape index (κ1) is 10.8. The van der Waals surface area contributed by atoms with Gasteiger partial charge in [-0.15, -0.1) is 0 Å². The van der Waals surface area contributed by atoms with E-state index in [0.717, 1.165) is 22.4 Å². The van der Waals surface area contributed by atoms with Crippen molar-refractivity contribution in [2.24, 2.45) is 5.73 Å². The molecule has 0 aromatic carbocycles. The standard InChI is InChI=1S/C13H15N3/c1-9-5-7-15-8-12(9)13(14)11-4-3-6-16-10(11)2/h3-8,13H,14H2,1-2H3. The molecule has 0 radical (unpaired) electrons. The Labute approximate surface area is 95.4 Å². The summed E-state index contributed by atoms with van der Waals surface area (Å²) in [5, 5.41) is 0. The number of rotatable bonds is 2. The fourth-order valence-electron chi connectivity index (χ4n) is 1.79. The summed E-state index contributed by atoms with van der Waals surface area (Å²) >= 11 is 0. The predicted octanol–water partition coefficient (Wildman–Crippen LogP) is 2.14. The van der Waals surface area contributed by atoms with Crippen LogP contribution in [0.5, 0.6) is 0 Å². The molecule has 2 heterocycles. The summed E-state index contributed by atoms with van der Waals surface area (Å²) in [6.07, 6.45) is 5.38. The highest BCUT2D eigenvalue weighted by molar-refractivity contribution is 5.35. The van der Waals surface area contributed by atoms with Gasteiger partial charge in [0.15, 0.2) is 0 Å². The Morgan fingerprint density at radius 2 is 1.94 bits per heavy atom. The number of hydrogen-bond donors (Lipinski definition) is 1. The SMILES string of the molecule is Cc1ccncc1C(N)c1cccnc1C. The second kappa shape index (κ2) is 4.41. The van der Waals surface area contributed by atoms with Crippen molar-refractivity contribution in [3.05, 3.63) is 59.2 Å². The Morgan fingerprint density at radius 1 is 1.12 bits per heavy atom. The lowest BCUT2D eigenvalue weighted by Crippen LogP contribution is -2.15. The van der Waals surface area contributed by atoms with Gasteiger partial charge in [0.2, 0.25) is 0 Å². The summed E-state index contributed by atoms with van der Waals surface area (Å²) < 4.78 is 0. The summed E-state index contributed by atoms with van der Waals surface area (Å²) in [5.41, 5.74) is 10.5. The van der Waals surface area contributed by atoms with Gasteiger partial charge < -0.3 is 5.73 Å². The molecule has 82 valence electrons. The molecule has 0 amide bonds. The van der Waals surface area contributed by atoms with Gasteiger partial charge in [0.1, 0.15) is 0 Å². The third kappa shape index (κ3) is 1.95. The molecule has 16 heavy (non-hydrogen) atoms. The first-order valence-electron chi connectivity index (χ1n) is 5.27. The minimum Gasteiger partial charge on any atom is -0.320 e. The maximum atomic E-state index is 6.24. The molecule has 0 fully saturated rings. The third-order valence-electron chi connectivity index (χ3n) is 2.80. The van der Waals surface area contributed by atoms with Crippen LogP contribution in [-0.4, -0.2) is 9.97 Å². The van der Waals surface area contributed by atoms with Gasteiger partial charge in [0.25, 0.3) is 0 Å². The first-order valence-corrected chi connectivity index (χ1v) is 5.27. The fourth-order valence-corrected chi connectivity index (χ4v) is 1.79. The van der Waals surface area contributed by atoms with Gasteiger partial charge in [0.05, 0.1) is 6.04 Å². The highest BCUT2D eigenvalue weighted by Crippen LogP contribution is 2.22. The van der Waals surface area contributed by atoms with Crippen LogP contribution in [-0.2, 0) is 0 Å². The van der Waals surface area contributed by atoms with E-state index in [-0.39, 0.29) is 6.04 Å². The van der Waals surface area contributed by atoms with E-state index in [2.05, 4.69) is 9.97 Å². The van der Waals surface area contributed by atoms with Gasteiger partial charge in [-0.25, -0.2) is 0 Å². The van der Waals surface area contributed by atoms with Gasteiger partial charge in [-0.3, -0.25) is 9.97 Å². The van der Waals surface area contributed by atoms with E-state index in [4.69, 9.17) is 5.73 Å². The maximum Gasteiger partial charge on any atom is 0.0587 e. The van der Waals surface area contributed by atoms with Gasteiger partial charge >= 0.3 is 0 Å². The molecular formula is C13H15N3. The minimum atomic E-state index is -0.151. The second-order valence-corrected chi connectivity index (χ2v) is 3.89. The van der Waals surface area contributed by atoms with Crippen molar-refractivity contribution in [3.8, 4) is 0 Å². The molecule has 0 aliphatic rings. The van der Waals surface area contributed by atoms with Crippen LogP contribution < -0.4 is 5.73 Å². The van der Waals surface area contributed by atoms with Crippen LogP contribution in [0.1, 0.15) is 28.4 Å². The zero-order chi connectivity index (χ0) is 11.5. The average molecular weight is 213 g/mol. The van der Waals surface area contributed by atoms with E-state index in [0.29, 0.717) is 0 Å². The van der Waals surface area contributed by atoms with Crippen LogP contribution in [0.4, 0.5) is 0 Å². The monoisotopic (exact) mass is 213 g/mol. The topological polar surface area (TPSA) is 51.8 Å². The largest absolute Gasteiger partial charge is 0.320 e. The van der Waals surface area contributed by atoms with Crippen molar-refractivity contribution in [1.29, 1.82) is 0 Å². The van der Waals surface area contributed by atoms with Gasteiger partial charge in [-0.05, 0) is 42.7 Å². The minimum absolute atomic E-state index is 0.151. The van der Waals surface area contributed by atoms with Crippen molar-refractivity contribution in [3.63, 3.8) is 0 Å². The Bertz CT molecular complexity index is 449. The van der Waals surface area contributed by atoms with Gasteiger partial charge in [-0.1, -0.05) is 6.07 Å². The van der Waals surface area contributed by atoms with E-state index < -0.39 is 0 Å². The molecule has 1 unspecified atom stereocenters. The summed E-state index contributed by atoms with van der Waals surface area (Å²) in [5.74, 6) is 0. The highest BCUT2D eigenvalue weighted by atomic mass is 14.7. The van der Waals surface area contributed by atoms with E-state index in [9.17, 15) is 0 Å². The number of nitrogens with zero attached hydrogens (tertiary/aromatic N) is 2. The Balaban J connectivity index is 2.44. The number of hydrogen-bond acceptors (Lipinski definition) is 3. The smallest absolute Gasteiger partial charge is 0.0587 e. The quantitative estimate of drug-likeness (QED) is 0.831. The van der Waals surface area contributed by atoms with Gasteiger partial charge in [-0.2, -0.15) is 0 Å². The van der Waals surface area contributed by atoms with Crippen LogP contribution >= 0.6 is 0 Å². The normalized spacial score (nSPS) is 12.4. The molecule has 3 heteroatoms. The lowest BCUT2D eigenvalue weighted by molar-refractivity contribution is 0.832. The number of pyridine rings is 2. The van der Waals surface area contributed by atoms with Crippen molar-refractivity contribution in [2.45, 2.75) is 19.9 Å². The summed E-state index contributed by atoms with van der Waals surface area (Å²) in [6.45, 7) is 4.02. The zero-order valence-corrected chi connectivity index (χ0v) is 9.51. The van der Waals surface area contributed by atoms with Crippen LogP contribution in [0.25, 0.3) is 0 Å². The van der Waals surface area contributed by atoms with Crippen LogP contribution in [0, 0.1) is 13.8 Å². The molecule has 2 rings (SSSR count). The molecule has 1 atom stereocenters.